The Morgan fingerprint density at radius 3 is 2.58 bits per heavy atom. The van der Waals surface area contributed by atoms with Crippen molar-refractivity contribution in [3.05, 3.63) is 43.8 Å². The summed E-state index contributed by atoms with van der Waals surface area (Å²) in [6.45, 7) is 5.87. The lowest BCUT2D eigenvalue weighted by Crippen LogP contribution is -2.34. The Balaban J connectivity index is 1.68. The van der Waals surface area contributed by atoms with Crippen LogP contribution < -0.4 is 19.3 Å². The van der Waals surface area contributed by atoms with E-state index in [-0.39, 0.29) is 11.5 Å². The first-order valence-corrected chi connectivity index (χ1v) is 14.2. The summed E-state index contributed by atoms with van der Waals surface area (Å²) in [5.74, 6) is 0.888. The maximum absolute atomic E-state index is 13.4. The van der Waals surface area contributed by atoms with E-state index < -0.39 is 0 Å². The minimum Gasteiger partial charge on any atom is -0.367 e. The highest BCUT2D eigenvalue weighted by atomic mass is 32.2. The van der Waals surface area contributed by atoms with Crippen LogP contribution in [0.2, 0.25) is 0 Å². The van der Waals surface area contributed by atoms with Crippen LogP contribution in [0.5, 0.6) is 0 Å². The molecule has 0 spiro atoms. The fourth-order valence-corrected chi connectivity index (χ4v) is 8.78. The Bertz CT molecular complexity index is 1480. The third kappa shape index (κ3) is 3.74. The topological polar surface area (TPSA) is 61.8 Å². The van der Waals surface area contributed by atoms with Crippen LogP contribution in [-0.2, 0) is 18.4 Å². The summed E-state index contributed by atoms with van der Waals surface area (Å²) < 4.78 is 6.39. The lowest BCUT2D eigenvalue weighted by Gasteiger charge is -2.08. The van der Waals surface area contributed by atoms with Gasteiger partial charge in [-0.15, -0.1) is 23.1 Å². The van der Waals surface area contributed by atoms with Gasteiger partial charge in [0, 0.05) is 32.4 Å². The summed E-state index contributed by atoms with van der Waals surface area (Å²) in [7, 11) is 4.01. The maximum Gasteiger partial charge on any atom is 0.385 e. The first-order chi connectivity index (χ1) is 15.9. The zero-order valence-electron chi connectivity index (χ0n) is 18.8. The average molecular weight is 519 g/mol. The smallest absolute Gasteiger partial charge is 0.367 e. The van der Waals surface area contributed by atoms with Crippen LogP contribution in [0.3, 0.4) is 0 Å². The molecule has 0 radical (unpaired) electrons. The lowest BCUT2D eigenvalue weighted by atomic mass is 10.3. The highest BCUT2D eigenvalue weighted by molar-refractivity contribution is 8.23. The standard InChI is InChI=1S/C22H24N5O2S4/c1-5-26-17(28)15(19-24(3)11-12-30-19)32-20(26)16-18(29)27(6-2)22(33-16)23-21-25(4)13-9-7-8-10-14(13)31-21/h7-10H,5-6,11-12H2,1-4H3/q+1/b19-15+,20-16-. The molecule has 7 nitrogen and oxygen atoms in total. The van der Waals surface area contributed by atoms with Crippen LogP contribution in [0.25, 0.3) is 20.2 Å². The number of fused-ring (bicyclic) bond motifs is 1. The highest BCUT2D eigenvalue weighted by Crippen LogP contribution is 2.34. The molecule has 1 amide bonds. The molecular weight excluding hydrogens is 495 g/mol. The van der Waals surface area contributed by atoms with E-state index in [4.69, 9.17) is 4.99 Å². The molecule has 0 N–H and O–H groups in total. The molecule has 2 aliphatic heterocycles. The number of amides is 1. The fourth-order valence-electron chi connectivity index (χ4n) is 3.90. The molecule has 3 aromatic rings. The van der Waals surface area contributed by atoms with E-state index in [0.29, 0.717) is 23.2 Å². The number of rotatable bonds is 3. The number of hydrogen-bond acceptors (Lipinski definition) is 8. The summed E-state index contributed by atoms with van der Waals surface area (Å²) in [5, 5.41) is 2.50. The number of amidine groups is 1. The number of aryl methyl sites for hydroxylation is 1. The Kier molecular flexibility index (Phi) is 6.15. The van der Waals surface area contributed by atoms with Gasteiger partial charge < -0.3 is 4.90 Å². The predicted octanol–water partition coefficient (Wildman–Crippen LogP) is 2.10. The monoisotopic (exact) mass is 518 g/mol. The molecule has 2 fully saturated rings. The number of thiazole rings is 2. The van der Waals surface area contributed by atoms with Crippen molar-refractivity contribution >= 4 is 82.6 Å². The van der Waals surface area contributed by atoms with Gasteiger partial charge in [0.05, 0.1) is 16.8 Å². The molecule has 0 bridgehead atoms. The SMILES string of the molecule is CCN1C(=O)/C(=c2/s/c(=C3/SCCN3C)c(=O)n2CC)S/C1=N\c1sc2ccccc2[n+]1C. The maximum atomic E-state index is 13.4. The molecule has 2 aliphatic rings. The molecule has 11 heteroatoms. The second-order valence-electron chi connectivity index (χ2n) is 7.65. The second kappa shape index (κ2) is 8.94. The van der Waals surface area contributed by atoms with Crippen LogP contribution in [0, 0.1) is 0 Å². The first kappa shape index (κ1) is 22.7. The van der Waals surface area contributed by atoms with E-state index >= 15 is 0 Å². The molecule has 2 saturated heterocycles. The van der Waals surface area contributed by atoms with E-state index in [1.54, 1.807) is 32.6 Å². The normalized spacial score (nSPS) is 21.3. The Hall–Kier alpha value is -2.08. The number of carbonyl (C=O) groups is 1. The fraction of sp³-hybridized carbons (Fsp3) is 0.364. The molecule has 2 aromatic heterocycles. The van der Waals surface area contributed by atoms with Gasteiger partial charge in [0.15, 0.2) is 0 Å². The summed E-state index contributed by atoms with van der Waals surface area (Å²) in [6, 6.07) is 8.18. The molecule has 0 aliphatic carbocycles. The third-order valence-electron chi connectivity index (χ3n) is 5.69. The number of aromatic nitrogens is 2. The van der Waals surface area contributed by atoms with Gasteiger partial charge in [-0.05, 0) is 54.1 Å². The van der Waals surface area contributed by atoms with Gasteiger partial charge in [0.2, 0.25) is 0 Å². The van der Waals surface area contributed by atoms with Crippen LogP contribution in [-0.4, -0.2) is 51.3 Å². The highest BCUT2D eigenvalue weighted by Gasteiger charge is 2.38. The van der Waals surface area contributed by atoms with Gasteiger partial charge in [-0.3, -0.25) is 19.1 Å². The van der Waals surface area contributed by atoms with E-state index in [0.717, 1.165) is 41.9 Å². The van der Waals surface area contributed by atoms with Crippen molar-refractivity contribution in [2.24, 2.45) is 12.0 Å². The summed E-state index contributed by atoms with van der Waals surface area (Å²) >= 11 is 6.11. The molecule has 0 saturated carbocycles. The number of carbonyl (C=O) groups excluding carboxylic acids is 1. The summed E-state index contributed by atoms with van der Waals surface area (Å²) in [4.78, 5) is 35.9. The van der Waals surface area contributed by atoms with E-state index in [1.165, 1.54) is 23.1 Å². The largest absolute Gasteiger partial charge is 0.385 e. The molecule has 0 unspecified atom stereocenters. The summed E-state index contributed by atoms with van der Waals surface area (Å²) in [5.41, 5.74) is 1.10. The number of para-hydroxylation sites is 1. The van der Waals surface area contributed by atoms with Crippen molar-refractivity contribution < 1.29 is 9.36 Å². The average Bonchev–Trinajstić information content (AvgIpc) is 3.54. The minimum atomic E-state index is -0.0857. The second-order valence-corrected chi connectivity index (χ2v) is 11.7. The zero-order valence-corrected chi connectivity index (χ0v) is 22.1. The molecule has 0 atom stereocenters. The van der Waals surface area contributed by atoms with Crippen LogP contribution in [0.4, 0.5) is 5.13 Å². The van der Waals surface area contributed by atoms with Crippen molar-refractivity contribution in [2.45, 2.75) is 20.4 Å². The van der Waals surface area contributed by atoms with Crippen molar-refractivity contribution in [1.29, 1.82) is 0 Å². The minimum absolute atomic E-state index is 0.0148. The van der Waals surface area contributed by atoms with Gasteiger partial charge >= 0.3 is 5.13 Å². The molecule has 5 rings (SSSR count). The quantitative estimate of drug-likeness (QED) is 0.497. The van der Waals surface area contributed by atoms with E-state index in [9.17, 15) is 9.59 Å². The van der Waals surface area contributed by atoms with E-state index in [2.05, 4.69) is 21.6 Å². The van der Waals surface area contributed by atoms with Crippen molar-refractivity contribution in [1.82, 2.24) is 14.4 Å². The Morgan fingerprint density at radius 1 is 1.12 bits per heavy atom. The molecule has 1 aromatic carbocycles. The van der Waals surface area contributed by atoms with Crippen molar-refractivity contribution in [2.75, 3.05) is 25.9 Å². The number of aliphatic imine (C=N–C) groups is 1. The predicted molar refractivity (Wildman–Crippen MR) is 140 cm³/mol. The van der Waals surface area contributed by atoms with Crippen molar-refractivity contribution in [3.8, 4) is 0 Å². The first-order valence-electron chi connectivity index (χ1n) is 10.7. The molecule has 172 valence electrons. The third-order valence-corrected chi connectivity index (χ3v) is 10.5. The number of nitrogens with zero attached hydrogens (tertiary/aromatic N) is 5. The van der Waals surface area contributed by atoms with Gasteiger partial charge in [-0.1, -0.05) is 12.1 Å². The summed E-state index contributed by atoms with van der Waals surface area (Å²) in [6.07, 6.45) is 0. The van der Waals surface area contributed by atoms with Gasteiger partial charge in [0.25, 0.3) is 16.6 Å². The van der Waals surface area contributed by atoms with Crippen LogP contribution in [0.15, 0.2) is 34.1 Å². The zero-order chi connectivity index (χ0) is 23.3. The molecule has 4 heterocycles. The Labute approximate surface area is 207 Å². The Morgan fingerprint density at radius 2 is 1.91 bits per heavy atom. The van der Waals surface area contributed by atoms with Gasteiger partial charge in [0.1, 0.15) is 19.6 Å². The molecule has 33 heavy (non-hydrogen) atoms. The van der Waals surface area contributed by atoms with Gasteiger partial charge in [-0.2, -0.15) is 0 Å². The van der Waals surface area contributed by atoms with Gasteiger partial charge in [-0.25, -0.2) is 4.57 Å². The number of benzene rings is 1. The number of hydrogen-bond donors (Lipinski definition) is 0. The van der Waals surface area contributed by atoms with Crippen LogP contribution in [0.1, 0.15) is 13.8 Å². The lowest BCUT2D eigenvalue weighted by molar-refractivity contribution is -0.627. The molecular formula is C22H24N5O2S4+. The van der Waals surface area contributed by atoms with E-state index in [1.807, 2.05) is 40.1 Å². The van der Waals surface area contributed by atoms with Crippen molar-refractivity contribution in [3.63, 3.8) is 0 Å². The number of thioether (sulfide) groups is 2. The van der Waals surface area contributed by atoms with Crippen LogP contribution >= 0.6 is 46.2 Å².